The molecule has 0 aliphatic heterocycles. The lowest BCUT2D eigenvalue weighted by molar-refractivity contribution is 0.586. The number of aryl methyl sites for hydroxylation is 2. The number of nitrogens with two attached hydrogens (primary N) is 1. The van der Waals surface area contributed by atoms with E-state index in [-0.39, 0.29) is 4.90 Å². The first-order valence-electron chi connectivity index (χ1n) is 5.11. The van der Waals surface area contributed by atoms with E-state index in [2.05, 4.69) is 10.2 Å². The molecule has 3 N–H and O–H groups in total. The lowest BCUT2D eigenvalue weighted by Crippen LogP contribution is -2.12. The van der Waals surface area contributed by atoms with E-state index < -0.39 is 10.0 Å². The Kier molecular flexibility index (Phi) is 2.80. The Balaban J connectivity index is 2.57. The first kappa shape index (κ1) is 11.9. The zero-order chi connectivity index (χ0) is 12.6. The third kappa shape index (κ3) is 1.87. The summed E-state index contributed by atoms with van der Waals surface area (Å²) in [6.45, 7) is 3.65. The van der Waals surface area contributed by atoms with Gasteiger partial charge in [0.1, 0.15) is 4.90 Å². The molecule has 0 saturated carbocycles. The van der Waals surface area contributed by atoms with Crippen molar-refractivity contribution in [1.82, 2.24) is 14.2 Å². The number of hydrogen-bond acceptors (Lipinski definition) is 4. The molecule has 0 unspecified atom stereocenters. The number of aromatic amines is 1. The van der Waals surface area contributed by atoms with Crippen molar-refractivity contribution in [3.63, 3.8) is 0 Å². The van der Waals surface area contributed by atoms with Crippen molar-refractivity contribution in [1.29, 1.82) is 0 Å². The van der Waals surface area contributed by atoms with Crippen LogP contribution in [0.3, 0.4) is 0 Å². The van der Waals surface area contributed by atoms with Crippen molar-refractivity contribution >= 4 is 10.0 Å². The van der Waals surface area contributed by atoms with Gasteiger partial charge in [-0.15, -0.1) is 0 Å². The van der Waals surface area contributed by atoms with Gasteiger partial charge in [-0.2, -0.15) is 5.10 Å². The van der Waals surface area contributed by atoms with E-state index in [0.717, 1.165) is 5.56 Å². The fourth-order valence-corrected chi connectivity index (χ4v) is 3.27. The third-order valence-corrected chi connectivity index (χ3v) is 4.46. The van der Waals surface area contributed by atoms with Crippen LogP contribution in [-0.2, 0) is 16.6 Å². The number of aromatic nitrogens is 3. The second-order valence-electron chi connectivity index (χ2n) is 3.82. The Morgan fingerprint density at radius 3 is 2.65 bits per heavy atom. The summed E-state index contributed by atoms with van der Waals surface area (Å²) in [5.74, 6) is 0. The molecule has 0 aliphatic rings. The van der Waals surface area contributed by atoms with Crippen molar-refractivity contribution in [2.45, 2.75) is 25.3 Å². The molecule has 0 fully saturated rings. The van der Waals surface area contributed by atoms with Gasteiger partial charge in [-0.05, 0) is 25.5 Å². The molecular formula is C10H14N4O2S. The first-order chi connectivity index (χ1) is 7.96. The van der Waals surface area contributed by atoms with Crippen LogP contribution in [0.15, 0.2) is 23.4 Å². The molecule has 0 radical (unpaired) electrons. The second-order valence-corrected chi connectivity index (χ2v) is 5.60. The Morgan fingerprint density at radius 1 is 1.47 bits per heavy atom. The quantitative estimate of drug-likeness (QED) is 0.835. The molecule has 0 atom stereocenters. The number of H-pyrrole nitrogens is 1. The lowest BCUT2D eigenvalue weighted by atomic mass is 10.4. The number of nitrogens with one attached hydrogen (secondary N) is 1. The Morgan fingerprint density at radius 2 is 2.18 bits per heavy atom. The van der Waals surface area contributed by atoms with Gasteiger partial charge in [-0.1, -0.05) is 0 Å². The van der Waals surface area contributed by atoms with E-state index in [1.54, 1.807) is 19.9 Å². The van der Waals surface area contributed by atoms with Crippen LogP contribution in [0.4, 0.5) is 0 Å². The molecule has 2 aromatic rings. The minimum absolute atomic E-state index is 0.219. The van der Waals surface area contributed by atoms with Crippen molar-refractivity contribution < 1.29 is 8.42 Å². The number of hydrogen-bond donors (Lipinski definition) is 2. The van der Waals surface area contributed by atoms with Crippen molar-refractivity contribution in [2.75, 3.05) is 0 Å². The SMILES string of the molecule is Cc1n[nH]c(C)c1S(=O)(=O)n1ccc(CN)c1. The molecule has 0 aliphatic carbocycles. The van der Waals surface area contributed by atoms with Gasteiger partial charge in [-0.25, -0.2) is 12.4 Å². The minimum atomic E-state index is -3.58. The standard InChI is InChI=1S/C10H14N4O2S/c1-7-10(8(2)13-12-7)17(15,16)14-4-3-9(5-11)6-14/h3-4,6H,5,11H2,1-2H3,(H,12,13). The number of nitrogens with zero attached hydrogens (tertiary/aromatic N) is 2. The average Bonchev–Trinajstić information content (AvgIpc) is 2.85. The van der Waals surface area contributed by atoms with E-state index >= 15 is 0 Å². The van der Waals surface area contributed by atoms with Gasteiger partial charge in [0.25, 0.3) is 10.0 Å². The van der Waals surface area contributed by atoms with E-state index in [1.807, 2.05) is 0 Å². The van der Waals surface area contributed by atoms with Gasteiger partial charge in [0.2, 0.25) is 0 Å². The van der Waals surface area contributed by atoms with Crippen molar-refractivity contribution in [3.8, 4) is 0 Å². The molecule has 2 aromatic heterocycles. The van der Waals surface area contributed by atoms with Crippen LogP contribution >= 0.6 is 0 Å². The summed E-state index contributed by atoms with van der Waals surface area (Å²) >= 11 is 0. The zero-order valence-corrected chi connectivity index (χ0v) is 10.5. The van der Waals surface area contributed by atoms with Crippen LogP contribution in [0.25, 0.3) is 0 Å². The molecule has 17 heavy (non-hydrogen) atoms. The zero-order valence-electron chi connectivity index (χ0n) is 9.64. The highest BCUT2D eigenvalue weighted by Gasteiger charge is 2.23. The molecule has 0 bridgehead atoms. The smallest absolute Gasteiger partial charge is 0.271 e. The van der Waals surface area contributed by atoms with Gasteiger partial charge in [-0.3, -0.25) is 5.10 Å². The molecule has 0 spiro atoms. The highest BCUT2D eigenvalue weighted by atomic mass is 32.2. The van der Waals surface area contributed by atoms with Crippen molar-refractivity contribution in [3.05, 3.63) is 35.4 Å². The van der Waals surface area contributed by atoms with Gasteiger partial charge < -0.3 is 5.73 Å². The van der Waals surface area contributed by atoms with Crippen LogP contribution in [0, 0.1) is 13.8 Å². The summed E-state index contributed by atoms with van der Waals surface area (Å²) in [6, 6.07) is 1.68. The topological polar surface area (TPSA) is 93.8 Å². The van der Waals surface area contributed by atoms with Gasteiger partial charge in [0.15, 0.2) is 0 Å². The molecule has 7 heteroatoms. The maximum atomic E-state index is 12.3. The summed E-state index contributed by atoms with van der Waals surface area (Å²) in [5, 5.41) is 6.56. The van der Waals surface area contributed by atoms with E-state index in [0.29, 0.717) is 17.9 Å². The molecule has 0 aromatic carbocycles. The van der Waals surface area contributed by atoms with Gasteiger partial charge in [0, 0.05) is 18.9 Å². The Labute approximate surface area is 99.5 Å². The summed E-state index contributed by atoms with van der Waals surface area (Å²) in [5.41, 5.74) is 7.23. The van der Waals surface area contributed by atoms with Gasteiger partial charge in [0.05, 0.1) is 11.4 Å². The Hall–Kier alpha value is -1.60. The van der Waals surface area contributed by atoms with E-state index in [9.17, 15) is 8.42 Å². The minimum Gasteiger partial charge on any atom is -0.326 e. The van der Waals surface area contributed by atoms with Crippen LogP contribution in [0.2, 0.25) is 0 Å². The first-order valence-corrected chi connectivity index (χ1v) is 6.55. The maximum Gasteiger partial charge on any atom is 0.271 e. The average molecular weight is 254 g/mol. The highest BCUT2D eigenvalue weighted by Crippen LogP contribution is 2.20. The number of rotatable bonds is 3. The molecule has 2 rings (SSSR count). The third-order valence-electron chi connectivity index (χ3n) is 2.56. The van der Waals surface area contributed by atoms with Crippen LogP contribution in [0.1, 0.15) is 17.0 Å². The predicted molar refractivity (Wildman–Crippen MR) is 63.0 cm³/mol. The van der Waals surface area contributed by atoms with Crippen LogP contribution in [-0.4, -0.2) is 22.6 Å². The summed E-state index contributed by atoms with van der Waals surface area (Å²) < 4.78 is 25.8. The predicted octanol–water partition coefficient (Wildman–Crippen LogP) is 0.524. The molecule has 92 valence electrons. The summed E-state index contributed by atoms with van der Waals surface area (Å²) in [7, 11) is -3.58. The largest absolute Gasteiger partial charge is 0.326 e. The Bertz CT molecular complexity index is 620. The van der Waals surface area contributed by atoms with Gasteiger partial charge >= 0.3 is 0 Å². The second kappa shape index (κ2) is 4.01. The molecular weight excluding hydrogens is 240 g/mol. The fraction of sp³-hybridized carbons (Fsp3) is 0.300. The summed E-state index contributed by atoms with van der Waals surface area (Å²) in [4.78, 5) is 0.219. The summed E-state index contributed by atoms with van der Waals surface area (Å²) in [6.07, 6.45) is 3.00. The molecule has 0 amide bonds. The normalized spacial score (nSPS) is 11.9. The maximum absolute atomic E-state index is 12.3. The van der Waals surface area contributed by atoms with E-state index in [4.69, 9.17) is 5.73 Å². The highest BCUT2D eigenvalue weighted by molar-refractivity contribution is 7.90. The monoisotopic (exact) mass is 254 g/mol. The lowest BCUT2D eigenvalue weighted by Gasteiger charge is -2.05. The van der Waals surface area contributed by atoms with Crippen LogP contribution in [0.5, 0.6) is 0 Å². The van der Waals surface area contributed by atoms with E-state index in [1.165, 1.54) is 16.4 Å². The molecule has 6 nitrogen and oxygen atoms in total. The molecule has 2 heterocycles. The van der Waals surface area contributed by atoms with Crippen molar-refractivity contribution in [2.24, 2.45) is 5.73 Å². The fourth-order valence-electron chi connectivity index (χ4n) is 1.72. The molecule has 0 saturated heterocycles. The van der Waals surface area contributed by atoms with Crippen LogP contribution < -0.4 is 5.73 Å².